The minimum Gasteiger partial charge on any atom is -0.493 e. The van der Waals surface area contributed by atoms with Crippen LogP contribution in [0, 0.1) is 6.92 Å². The van der Waals surface area contributed by atoms with Gasteiger partial charge in [0.15, 0.2) is 0 Å². The maximum atomic E-state index is 14.3. The van der Waals surface area contributed by atoms with Crippen molar-refractivity contribution in [2.75, 3.05) is 19.8 Å². The lowest BCUT2D eigenvalue weighted by Gasteiger charge is -2.33. The van der Waals surface area contributed by atoms with Crippen LogP contribution in [0.2, 0.25) is 0 Å². The molecule has 1 unspecified atom stereocenters. The van der Waals surface area contributed by atoms with Gasteiger partial charge >= 0.3 is 20.1 Å². The molecule has 0 fully saturated rings. The second-order valence-electron chi connectivity index (χ2n) is 13.2. The van der Waals surface area contributed by atoms with E-state index in [1.165, 1.54) is 12.1 Å². The molecule has 1 atom stereocenters. The van der Waals surface area contributed by atoms with Crippen molar-refractivity contribution >= 4 is 25.3 Å². The number of carbonyl (C=O) groups is 1. The number of benzene rings is 4. The zero-order valence-electron chi connectivity index (χ0n) is 30.9. The van der Waals surface area contributed by atoms with Gasteiger partial charge in [-0.15, -0.1) is 11.3 Å². The first-order valence-corrected chi connectivity index (χ1v) is 20.4. The molecule has 0 aliphatic heterocycles. The molecule has 5 rings (SSSR count). The Kier molecular flexibility index (Phi) is 15.7. The van der Waals surface area contributed by atoms with E-state index in [4.69, 9.17) is 23.0 Å². The predicted molar refractivity (Wildman–Crippen MR) is 208 cm³/mol. The van der Waals surface area contributed by atoms with Crippen molar-refractivity contribution < 1.29 is 50.7 Å². The summed E-state index contributed by atoms with van der Waals surface area (Å²) in [5.74, 6) is -0.297. The second-order valence-corrected chi connectivity index (χ2v) is 16.0. The lowest BCUT2D eigenvalue weighted by Crippen LogP contribution is -2.55. The van der Waals surface area contributed by atoms with Crippen LogP contribution >= 0.6 is 19.2 Å². The third kappa shape index (κ3) is 13.6. The molecule has 2 N–H and O–H groups in total. The Hall–Kier alpha value is -4.49. The van der Waals surface area contributed by atoms with Gasteiger partial charge in [0, 0.05) is 4.88 Å². The maximum absolute atomic E-state index is 14.3. The summed E-state index contributed by atoms with van der Waals surface area (Å²) in [6, 6.07) is 32.5. The third-order valence-electron chi connectivity index (χ3n) is 8.74. The first-order valence-electron chi connectivity index (χ1n) is 18.0. The molecule has 56 heavy (non-hydrogen) atoms. The van der Waals surface area contributed by atoms with Crippen molar-refractivity contribution in [1.29, 1.82) is 0 Å². The van der Waals surface area contributed by atoms with Crippen LogP contribution in [0.25, 0.3) is 0 Å². The largest absolute Gasteiger partial charge is 0.493 e. The average Bonchev–Trinajstić information content (AvgIpc) is 3.64. The molecule has 1 heterocycles. The number of aliphatic hydroxyl groups excluding tert-OH is 1. The van der Waals surface area contributed by atoms with Crippen LogP contribution in [0.5, 0.6) is 5.75 Å². The molecule has 0 bridgehead atoms. The van der Waals surface area contributed by atoms with Gasteiger partial charge in [-0.3, -0.25) is 13.6 Å². The van der Waals surface area contributed by atoms with Crippen LogP contribution in [0.4, 0.5) is 18.0 Å². The van der Waals surface area contributed by atoms with E-state index in [0.29, 0.717) is 29.5 Å². The summed E-state index contributed by atoms with van der Waals surface area (Å²) in [4.78, 5) is 14.4. The highest BCUT2D eigenvalue weighted by atomic mass is 32.1. The second kappa shape index (κ2) is 20.6. The molecular formula is C42H45F3NO8PS. The first-order chi connectivity index (χ1) is 26.9. The van der Waals surface area contributed by atoms with E-state index in [-0.39, 0.29) is 50.6 Å². The molecule has 0 saturated carbocycles. The van der Waals surface area contributed by atoms with Crippen LogP contribution in [0.15, 0.2) is 121 Å². The Morgan fingerprint density at radius 2 is 1.34 bits per heavy atom. The van der Waals surface area contributed by atoms with Crippen LogP contribution in [0.1, 0.15) is 51.1 Å². The standard InChI is InChI=1S/C42H45F3NO8PS/c1-32-24-37(29-56-32)18-11-23-50-39-20-19-33(25-38(39)42(43,44)45)21-22-41(30-47,46-40(48)51-26-34-12-5-2-6-13-34)31-54-55(49,52-27-35-14-7-3-8-15-35)53-28-36-16-9-4-10-17-36/h2-10,12-17,19-20,24-25,29,47H,11,18,21-23,26-28,30-31H2,1H3,(H,46,48). The number of carbonyl (C=O) groups excluding carboxylic acids is 1. The lowest BCUT2D eigenvalue weighted by atomic mass is 9.92. The van der Waals surface area contributed by atoms with Gasteiger partial charge in [0.25, 0.3) is 0 Å². The summed E-state index contributed by atoms with van der Waals surface area (Å²) in [5.41, 5.74) is 0.768. The number of phosphoric ester groups is 1. The molecule has 0 radical (unpaired) electrons. The Bertz CT molecular complexity index is 1950. The highest BCUT2D eigenvalue weighted by Crippen LogP contribution is 2.51. The number of halogens is 3. The van der Waals surface area contributed by atoms with Gasteiger partial charge in [0.2, 0.25) is 0 Å². The van der Waals surface area contributed by atoms with Gasteiger partial charge in [-0.05, 0) is 84.0 Å². The number of thiophene rings is 1. The number of aryl methyl sites for hydroxylation is 3. The van der Waals surface area contributed by atoms with Crippen molar-refractivity contribution in [3.63, 3.8) is 0 Å². The van der Waals surface area contributed by atoms with E-state index in [1.807, 2.05) is 36.6 Å². The van der Waals surface area contributed by atoms with Crippen LogP contribution in [-0.4, -0.2) is 36.6 Å². The zero-order valence-corrected chi connectivity index (χ0v) is 32.6. The molecule has 5 aromatic rings. The van der Waals surface area contributed by atoms with Gasteiger partial charge < -0.3 is 19.9 Å². The molecule has 1 aromatic heterocycles. The van der Waals surface area contributed by atoms with Crippen LogP contribution in [0.3, 0.4) is 0 Å². The molecule has 4 aromatic carbocycles. The Morgan fingerprint density at radius 3 is 1.88 bits per heavy atom. The summed E-state index contributed by atoms with van der Waals surface area (Å²) in [5, 5.41) is 15.5. The topological polar surface area (TPSA) is 113 Å². The Balaban J connectivity index is 1.33. The number of rotatable bonds is 21. The van der Waals surface area contributed by atoms with Crippen LogP contribution < -0.4 is 10.1 Å². The number of amides is 1. The Labute approximate surface area is 329 Å². The maximum Gasteiger partial charge on any atom is 0.475 e. The summed E-state index contributed by atoms with van der Waals surface area (Å²) in [6.45, 7) is 0.327. The summed E-state index contributed by atoms with van der Waals surface area (Å²) < 4.78 is 85.4. The van der Waals surface area contributed by atoms with E-state index in [0.717, 1.165) is 16.5 Å². The number of hydrogen-bond acceptors (Lipinski definition) is 9. The lowest BCUT2D eigenvalue weighted by molar-refractivity contribution is -0.139. The van der Waals surface area contributed by atoms with E-state index in [1.54, 1.807) is 84.1 Å². The highest BCUT2D eigenvalue weighted by molar-refractivity contribution is 7.48. The number of alkyl carbamates (subject to hydrolysis) is 1. The van der Waals surface area contributed by atoms with E-state index >= 15 is 0 Å². The quantitative estimate of drug-likeness (QED) is 0.0557. The highest BCUT2D eigenvalue weighted by Gasteiger charge is 2.39. The van der Waals surface area contributed by atoms with E-state index in [2.05, 4.69) is 5.32 Å². The van der Waals surface area contributed by atoms with E-state index in [9.17, 15) is 27.6 Å². The fourth-order valence-corrected chi connectivity index (χ4v) is 7.62. The predicted octanol–water partition coefficient (Wildman–Crippen LogP) is 10.2. The average molecular weight is 812 g/mol. The molecule has 0 spiro atoms. The molecule has 0 aliphatic carbocycles. The number of aliphatic hydroxyl groups is 1. The molecule has 0 saturated heterocycles. The number of ether oxygens (including phenoxy) is 2. The SMILES string of the molecule is Cc1cc(CCCOc2ccc(CCC(CO)(COP(=O)(OCc3ccccc3)OCc3ccccc3)NC(=O)OCc3ccccc3)cc2C(F)(F)F)cs1. The first kappa shape index (κ1) is 42.6. The van der Waals surface area contributed by atoms with Crippen molar-refractivity contribution in [1.82, 2.24) is 5.32 Å². The molecule has 14 heteroatoms. The summed E-state index contributed by atoms with van der Waals surface area (Å²) in [6.07, 6.45) is -4.66. The minimum absolute atomic E-state index is 0.0657. The number of nitrogens with one attached hydrogen (secondary N) is 1. The van der Waals surface area contributed by atoms with Gasteiger partial charge in [-0.2, -0.15) is 13.2 Å². The van der Waals surface area contributed by atoms with Crippen molar-refractivity contribution in [2.24, 2.45) is 0 Å². The smallest absolute Gasteiger partial charge is 0.475 e. The molecule has 9 nitrogen and oxygen atoms in total. The van der Waals surface area contributed by atoms with Gasteiger partial charge in [-0.1, -0.05) is 97.1 Å². The molecule has 298 valence electrons. The normalized spacial score (nSPS) is 12.9. The monoisotopic (exact) mass is 811 g/mol. The van der Waals surface area contributed by atoms with Crippen molar-refractivity contribution in [3.05, 3.63) is 159 Å². The van der Waals surface area contributed by atoms with Gasteiger partial charge in [-0.25, -0.2) is 9.36 Å². The van der Waals surface area contributed by atoms with Crippen molar-refractivity contribution in [3.8, 4) is 5.75 Å². The van der Waals surface area contributed by atoms with Gasteiger partial charge in [0.05, 0.1) is 44.1 Å². The minimum atomic E-state index is -4.72. The Morgan fingerprint density at radius 1 is 0.750 bits per heavy atom. The molecule has 1 amide bonds. The third-order valence-corrected chi connectivity index (χ3v) is 11.0. The summed E-state index contributed by atoms with van der Waals surface area (Å²) >= 11 is 1.62. The van der Waals surface area contributed by atoms with Crippen molar-refractivity contribution in [2.45, 2.75) is 64.1 Å². The van der Waals surface area contributed by atoms with Crippen LogP contribution in [-0.2, 0) is 61.7 Å². The van der Waals surface area contributed by atoms with E-state index < -0.39 is 44.4 Å². The molecular weight excluding hydrogens is 766 g/mol. The van der Waals surface area contributed by atoms with Gasteiger partial charge in [0.1, 0.15) is 12.4 Å². The fraction of sp³-hybridized carbons (Fsp3) is 0.310. The number of hydrogen-bond donors (Lipinski definition) is 2. The number of alkyl halides is 3. The zero-order chi connectivity index (χ0) is 39.9. The molecule has 0 aliphatic rings. The summed E-state index contributed by atoms with van der Waals surface area (Å²) in [7, 11) is -4.40. The fourth-order valence-electron chi connectivity index (χ4n) is 5.63. The number of phosphoric acid groups is 1.